The van der Waals surface area contributed by atoms with Crippen LogP contribution >= 0.6 is 0 Å². The fourth-order valence-electron chi connectivity index (χ4n) is 3.51. The van der Waals surface area contributed by atoms with E-state index in [-0.39, 0.29) is 18.8 Å². The number of ether oxygens (including phenoxy) is 1. The number of rotatable bonds is 2. The Kier molecular flexibility index (Phi) is 5.59. The van der Waals surface area contributed by atoms with Crippen LogP contribution in [0.1, 0.15) is 35.8 Å². The summed E-state index contributed by atoms with van der Waals surface area (Å²) in [6.07, 6.45) is 3.27. The van der Waals surface area contributed by atoms with E-state index in [1.54, 1.807) is 10.9 Å². The molecule has 0 spiro atoms. The summed E-state index contributed by atoms with van der Waals surface area (Å²) in [4.78, 5) is 20.2. The molecule has 0 atom stereocenters. The molecule has 160 valence electrons. The Balaban J connectivity index is 0.000000313. The van der Waals surface area contributed by atoms with Crippen LogP contribution in [0.2, 0.25) is 0 Å². The number of aryl methyl sites for hydroxylation is 3. The second-order valence-electron chi connectivity index (χ2n) is 7.72. The molecule has 0 N–H and O–H groups in total. The van der Waals surface area contributed by atoms with Gasteiger partial charge in [0.05, 0.1) is 30.3 Å². The van der Waals surface area contributed by atoms with E-state index in [4.69, 9.17) is 4.74 Å². The van der Waals surface area contributed by atoms with E-state index >= 15 is 0 Å². The Morgan fingerprint density at radius 2 is 1.73 bits per heavy atom. The average Bonchev–Trinajstić information content (AvgIpc) is 3.18. The summed E-state index contributed by atoms with van der Waals surface area (Å²) < 4.78 is 33.8. The molecule has 1 aliphatic heterocycles. The molecule has 4 heterocycles. The van der Waals surface area contributed by atoms with Crippen LogP contribution in [0.4, 0.5) is 14.7 Å². The van der Waals surface area contributed by atoms with Crippen LogP contribution < -0.4 is 4.90 Å². The Bertz CT molecular complexity index is 1010. The lowest BCUT2D eigenvalue weighted by Gasteiger charge is -2.35. The van der Waals surface area contributed by atoms with Gasteiger partial charge in [-0.15, -0.1) is 0 Å². The number of nitrogens with zero attached hydrogens (tertiary/aromatic N) is 7. The molecule has 10 heteroatoms. The summed E-state index contributed by atoms with van der Waals surface area (Å²) in [6, 6.07) is 1.89. The number of aromatic nitrogens is 6. The lowest BCUT2D eigenvalue weighted by atomic mass is 9.78. The number of anilines is 1. The maximum atomic E-state index is 13.4. The van der Waals surface area contributed by atoms with Gasteiger partial charge in [-0.3, -0.25) is 4.68 Å². The Morgan fingerprint density at radius 1 is 1.03 bits per heavy atom. The maximum Gasteiger partial charge on any atom is 0.249 e. The van der Waals surface area contributed by atoms with E-state index in [2.05, 4.69) is 25.0 Å². The maximum absolute atomic E-state index is 13.4. The van der Waals surface area contributed by atoms with Gasteiger partial charge in [0.2, 0.25) is 11.9 Å². The molecule has 2 aliphatic rings. The first-order valence-corrected chi connectivity index (χ1v) is 9.99. The number of hydrogen-bond donors (Lipinski definition) is 0. The van der Waals surface area contributed by atoms with Crippen molar-refractivity contribution in [2.24, 2.45) is 7.05 Å². The van der Waals surface area contributed by atoms with E-state index in [0.717, 1.165) is 11.4 Å². The van der Waals surface area contributed by atoms with Crippen molar-refractivity contribution in [3.63, 3.8) is 0 Å². The summed E-state index contributed by atoms with van der Waals surface area (Å²) >= 11 is 0. The highest BCUT2D eigenvalue weighted by molar-refractivity contribution is 5.75. The molecule has 1 saturated carbocycles. The third kappa shape index (κ3) is 4.38. The zero-order chi connectivity index (χ0) is 21.3. The van der Waals surface area contributed by atoms with Crippen LogP contribution in [0, 0.1) is 13.8 Å². The van der Waals surface area contributed by atoms with E-state index in [0.29, 0.717) is 49.1 Å². The van der Waals surface area contributed by atoms with Crippen molar-refractivity contribution in [3.05, 3.63) is 35.5 Å². The van der Waals surface area contributed by atoms with Crippen LogP contribution in [-0.2, 0) is 11.8 Å². The Hall–Kier alpha value is -2.75. The molecule has 1 saturated heterocycles. The third-order valence-electron chi connectivity index (χ3n) is 5.36. The monoisotopic (exact) mass is 417 g/mol. The van der Waals surface area contributed by atoms with Gasteiger partial charge < -0.3 is 9.64 Å². The van der Waals surface area contributed by atoms with Crippen molar-refractivity contribution < 1.29 is 13.5 Å². The van der Waals surface area contributed by atoms with Crippen molar-refractivity contribution >= 4 is 17.1 Å². The quantitative estimate of drug-likeness (QED) is 0.634. The van der Waals surface area contributed by atoms with E-state index in [9.17, 15) is 8.78 Å². The summed E-state index contributed by atoms with van der Waals surface area (Å²) in [6.45, 7) is 6.31. The number of alkyl halides is 2. The summed E-state index contributed by atoms with van der Waals surface area (Å²) in [5.74, 6) is -2.36. The largest absolute Gasteiger partial charge is 0.378 e. The molecule has 1 aliphatic carbocycles. The zero-order valence-corrected chi connectivity index (χ0v) is 17.3. The van der Waals surface area contributed by atoms with Crippen molar-refractivity contribution in [3.8, 4) is 0 Å². The van der Waals surface area contributed by atoms with E-state index < -0.39 is 5.92 Å². The molecule has 5 rings (SSSR count). The molecule has 3 aromatic heterocycles. The van der Waals surface area contributed by atoms with Crippen LogP contribution in [0.3, 0.4) is 0 Å². The summed E-state index contributed by atoms with van der Waals surface area (Å²) in [5.41, 5.74) is 3.20. The lowest BCUT2D eigenvalue weighted by molar-refractivity contribution is -0.0873. The molecule has 0 bridgehead atoms. The number of hydrogen-bond acceptors (Lipinski definition) is 7. The highest BCUT2D eigenvalue weighted by Crippen LogP contribution is 2.49. The molecule has 2 fully saturated rings. The van der Waals surface area contributed by atoms with E-state index in [1.165, 1.54) is 0 Å². The minimum atomic E-state index is -2.60. The van der Waals surface area contributed by atoms with Gasteiger partial charge in [0, 0.05) is 51.3 Å². The SMILES string of the molecule is Cc1nc2nc(N3CCOCC3)nc(C3CC(F)(F)C3)c2nc1C.Cn1cccn1. The molecule has 0 unspecified atom stereocenters. The van der Waals surface area contributed by atoms with Crippen molar-refractivity contribution in [1.29, 1.82) is 0 Å². The first-order valence-electron chi connectivity index (χ1n) is 9.99. The van der Waals surface area contributed by atoms with Gasteiger partial charge in [0.25, 0.3) is 0 Å². The fraction of sp³-hybridized carbons (Fsp3) is 0.550. The summed E-state index contributed by atoms with van der Waals surface area (Å²) in [5, 5.41) is 3.83. The first kappa shape index (κ1) is 20.5. The van der Waals surface area contributed by atoms with E-state index in [1.807, 2.05) is 38.1 Å². The topological polar surface area (TPSA) is 81.9 Å². The van der Waals surface area contributed by atoms with Gasteiger partial charge in [-0.25, -0.2) is 23.7 Å². The molecule has 3 aromatic rings. The van der Waals surface area contributed by atoms with Gasteiger partial charge >= 0.3 is 0 Å². The minimum Gasteiger partial charge on any atom is -0.378 e. The molecular weight excluding hydrogens is 392 g/mol. The average molecular weight is 417 g/mol. The standard InChI is InChI=1S/C16H19F2N5O.C4H6N2/c1-9-10(2)20-14-13(19-9)12(11-7-16(17,18)8-11)21-15(22-14)23-3-5-24-6-4-23;1-6-4-2-3-5-6/h11H,3-8H2,1-2H3;2-4H,1H3. The van der Waals surface area contributed by atoms with Crippen molar-refractivity contribution in [2.45, 2.75) is 38.5 Å². The van der Waals surface area contributed by atoms with Crippen LogP contribution in [0.15, 0.2) is 18.5 Å². The van der Waals surface area contributed by atoms with Gasteiger partial charge in [-0.05, 0) is 19.9 Å². The third-order valence-corrected chi connectivity index (χ3v) is 5.36. The van der Waals surface area contributed by atoms with Gasteiger partial charge in [0.15, 0.2) is 5.65 Å². The second-order valence-corrected chi connectivity index (χ2v) is 7.72. The molecule has 0 aromatic carbocycles. The Morgan fingerprint density at radius 3 is 2.30 bits per heavy atom. The predicted octanol–water partition coefficient (Wildman–Crippen LogP) is 2.81. The van der Waals surface area contributed by atoms with Gasteiger partial charge in [-0.1, -0.05) is 0 Å². The zero-order valence-electron chi connectivity index (χ0n) is 17.3. The Labute approximate surface area is 173 Å². The normalized spacial score (nSPS) is 18.6. The van der Waals surface area contributed by atoms with Gasteiger partial charge in [0.1, 0.15) is 5.52 Å². The summed E-state index contributed by atoms with van der Waals surface area (Å²) in [7, 11) is 1.89. The highest BCUT2D eigenvalue weighted by Gasteiger charge is 2.47. The highest BCUT2D eigenvalue weighted by atomic mass is 19.3. The number of halogens is 2. The van der Waals surface area contributed by atoms with Crippen molar-refractivity contribution in [2.75, 3.05) is 31.2 Å². The minimum absolute atomic E-state index is 0.184. The smallest absolute Gasteiger partial charge is 0.249 e. The molecule has 0 amide bonds. The number of morpholine rings is 1. The molecular formula is C20H25F2N7O. The second kappa shape index (κ2) is 8.17. The molecule has 0 radical (unpaired) electrons. The fourth-order valence-corrected chi connectivity index (χ4v) is 3.51. The van der Waals surface area contributed by atoms with Gasteiger partial charge in [-0.2, -0.15) is 10.1 Å². The predicted molar refractivity (Wildman–Crippen MR) is 108 cm³/mol. The van der Waals surface area contributed by atoms with Crippen LogP contribution in [-0.4, -0.2) is 61.9 Å². The van der Waals surface area contributed by atoms with Crippen LogP contribution in [0.5, 0.6) is 0 Å². The van der Waals surface area contributed by atoms with Crippen LogP contribution in [0.25, 0.3) is 11.2 Å². The number of fused-ring (bicyclic) bond motifs is 1. The lowest BCUT2D eigenvalue weighted by Crippen LogP contribution is -2.38. The molecule has 8 nitrogen and oxygen atoms in total. The molecule has 30 heavy (non-hydrogen) atoms. The van der Waals surface area contributed by atoms with Crippen molar-refractivity contribution in [1.82, 2.24) is 29.7 Å². The first-order chi connectivity index (χ1) is 14.3.